The first kappa shape index (κ1) is 30.4. The van der Waals surface area contributed by atoms with E-state index < -0.39 is 23.8 Å². The van der Waals surface area contributed by atoms with Crippen molar-refractivity contribution in [3.05, 3.63) is 30.1 Å². The van der Waals surface area contributed by atoms with Gasteiger partial charge in [-0.2, -0.15) is 4.98 Å². The van der Waals surface area contributed by atoms with Crippen molar-refractivity contribution >= 4 is 29.5 Å². The lowest BCUT2D eigenvalue weighted by Gasteiger charge is -2.27. The number of carbonyl (C=O) groups is 2. The van der Waals surface area contributed by atoms with Crippen LogP contribution in [0.2, 0.25) is 0 Å². The van der Waals surface area contributed by atoms with Crippen LogP contribution in [0.1, 0.15) is 58.9 Å². The number of ether oxygens (including phenoxy) is 2. The molecule has 1 aliphatic heterocycles. The number of anilines is 3. The van der Waals surface area contributed by atoms with E-state index in [4.69, 9.17) is 9.47 Å². The fraction of sp³-hybridized carbons (Fsp3) is 0.536. The van der Waals surface area contributed by atoms with Gasteiger partial charge < -0.3 is 30.5 Å². The Bertz CT molecular complexity index is 1220. The van der Waals surface area contributed by atoms with Crippen LogP contribution in [0.4, 0.5) is 22.2 Å². The Hall–Kier alpha value is -4.11. The van der Waals surface area contributed by atoms with Crippen LogP contribution in [0.5, 0.6) is 5.88 Å². The van der Waals surface area contributed by atoms with Crippen LogP contribution in [-0.2, 0) is 9.53 Å². The molecule has 0 saturated carbocycles. The van der Waals surface area contributed by atoms with E-state index in [0.717, 1.165) is 18.7 Å². The highest BCUT2D eigenvalue weighted by Gasteiger charge is 2.40. The summed E-state index contributed by atoms with van der Waals surface area (Å²) in [5.41, 5.74) is 0.727. The number of aromatic nitrogens is 3. The number of unbranched alkanes of at least 4 members (excludes halogenated alkanes) is 1. The largest absolute Gasteiger partial charge is 0.481 e. The van der Waals surface area contributed by atoms with Crippen LogP contribution < -0.4 is 20.7 Å². The first-order valence-corrected chi connectivity index (χ1v) is 13.4. The fourth-order valence-corrected chi connectivity index (χ4v) is 3.89. The smallest absolute Gasteiger partial charge is 0.411 e. The van der Waals surface area contributed by atoms with Crippen LogP contribution in [0.25, 0.3) is 0 Å². The standard InChI is InChI=1S/C28H39N7O5/c1-6-12-30-24-19(17-32-26(34-24)33-20-11-14-29-23(15-20)39-5)10-8-7-9-13-31-25(37)22-16-21(36)18-35(22)27(38)40-28(2,3)4/h11,14-15,17,21-22,36H,6-7,9,12-13,16,18H2,1-5H3,(H,31,37)(H2,29,30,32,33,34)/t21-,22-/m0/s1. The third kappa shape index (κ3) is 9.27. The molecule has 0 unspecified atom stereocenters. The summed E-state index contributed by atoms with van der Waals surface area (Å²) in [5.74, 6) is 7.44. The molecule has 4 N–H and O–H groups in total. The normalized spacial score (nSPS) is 16.5. The molecule has 0 aliphatic carbocycles. The number of likely N-dealkylation sites (tertiary alicyclic amines) is 1. The van der Waals surface area contributed by atoms with Gasteiger partial charge >= 0.3 is 6.09 Å². The number of carbonyl (C=O) groups excluding carboxylic acids is 2. The van der Waals surface area contributed by atoms with Crippen molar-refractivity contribution < 1.29 is 24.2 Å². The molecule has 1 saturated heterocycles. The van der Waals surface area contributed by atoms with Crippen molar-refractivity contribution in [3.8, 4) is 17.7 Å². The maximum absolute atomic E-state index is 12.7. The van der Waals surface area contributed by atoms with Gasteiger partial charge in [0.05, 0.1) is 31.5 Å². The average molecular weight is 554 g/mol. The summed E-state index contributed by atoms with van der Waals surface area (Å²) < 4.78 is 10.5. The van der Waals surface area contributed by atoms with Crippen LogP contribution in [0.15, 0.2) is 24.5 Å². The number of β-amino-alcohol motifs (C(OH)–C–C–N with tert-alkyl or cyclic N) is 1. The molecule has 2 aromatic heterocycles. The molecule has 0 aromatic carbocycles. The molecule has 0 spiro atoms. The van der Waals surface area contributed by atoms with Crippen molar-refractivity contribution in [2.45, 2.75) is 71.1 Å². The Labute approximate surface area is 235 Å². The summed E-state index contributed by atoms with van der Waals surface area (Å²) in [4.78, 5) is 39.5. The molecule has 1 fully saturated rings. The molecular formula is C28H39N7O5. The summed E-state index contributed by atoms with van der Waals surface area (Å²) >= 11 is 0. The zero-order valence-electron chi connectivity index (χ0n) is 23.8. The predicted octanol–water partition coefficient (Wildman–Crippen LogP) is 3.06. The van der Waals surface area contributed by atoms with E-state index >= 15 is 0 Å². The van der Waals surface area contributed by atoms with Crippen molar-refractivity contribution in [1.82, 2.24) is 25.2 Å². The van der Waals surface area contributed by atoms with Gasteiger partial charge in [-0.05, 0) is 39.7 Å². The molecule has 3 rings (SSSR count). The van der Waals surface area contributed by atoms with Crippen LogP contribution in [0.3, 0.4) is 0 Å². The quantitative estimate of drug-likeness (QED) is 0.255. The molecule has 0 radical (unpaired) electrons. The molecule has 1 aliphatic rings. The highest BCUT2D eigenvalue weighted by atomic mass is 16.6. The van der Waals surface area contributed by atoms with Crippen LogP contribution in [0, 0.1) is 11.8 Å². The predicted molar refractivity (Wildman–Crippen MR) is 151 cm³/mol. The lowest BCUT2D eigenvalue weighted by molar-refractivity contribution is -0.125. The summed E-state index contributed by atoms with van der Waals surface area (Å²) in [6, 6.07) is 2.78. The Morgan fingerprint density at radius 1 is 1.25 bits per heavy atom. The minimum atomic E-state index is -0.763. The molecular weight excluding hydrogens is 514 g/mol. The zero-order chi connectivity index (χ0) is 29.1. The summed E-state index contributed by atoms with van der Waals surface area (Å²) in [6.45, 7) is 8.53. The number of nitrogens with one attached hydrogen (secondary N) is 3. The van der Waals surface area contributed by atoms with Gasteiger partial charge in [0.1, 0.15) is 17.5 Å². The van der Waals surface area contributed by atoms with Gasteiger partial charge in [0.2, 0.25) is 17.7 Å². The third-order valence-corrected chi connectivity index (χ3v) is 5.74. The number of aliphatic hydroxyl groups excluding tert-OH is 1. The molecule has 0 bridgehead atoms. The maximum Gasteiger partial charge on any atom is 0.411 e. The summed E-state index contributed by atoms with van der Waals surface area (Å²) in [6.07, 6.45) is 4.18. The SMILES string of the molecule is CCCNc1nc(Nc2ccnc(OC)c2)ncc1C#CCCCNC(=O)[C@@H]1C[C@H](O)CN1C(=O)OC(C)(C)C. The number of nitrogens with zero attached hydrogens (tertiary/aromatic N) is 4. The monoisotopic (exact) mass is 553 g/mol. The average Bonchev–Trinajstić information content (AvgIpc) is 3.31. The van der Waals surface area contributed by atoms with Crippen LogP contribution in [-0.4, -0.2) is 81.4 Å². The summed E-state index contributed by atoms with van der Waals surface area (Å²) in [5, 5.41) is 19.3. The Kier molecular flexibility index (Phi) is 10.9. The lowest BCUT2D eigenvalue weighted by atomic mass is 10.2. The number of methoxy groups -OCH3 is 1. The van der Waals surface area contributed by atoms with E-state index in [1.165, 1.54) is 4.90 Å². The van der Waals surface area contributed by atoms with E-state index in [0.29, 0.717) is 42.6 Å². The number of hydrogen-bond donors (Lipinski definition) is 4. The first-order valence-electron chi connectivity index (χ1n) is 13.4. The topological polar surface area (TPSA) is 151 Å². The third-order valence-electron chi connectivity index (χ3n) is 5.74. The number of aliphatic hydroxyl groups is 1. The number of amides is 2. The van der Waals surface area contributed by atoms with E-state index in [-0.39, 0.29) is 18.9 Å². The maximum atomic E-state index is 12.7. The van der Waals surface area contributed by atoms with E-state index in [1.54, 1.807) is 52.4 Å². The molecule has 12 heteroatoms. The second-order valence-electron chi connectivity index (χ2n) is 10.3. The van der Waals surface area contributed by atoms with Gasteiger partial charge in [0.25, 0.3) is 0 Å². The van der Waals surface area contributed by atoms with Gasteiger partial charge in [-0.3, -0.25) is 9.69 Å². The minimum absolute atomic E-state index is 0.0694. The lowest BCUT2D eigenvalue weighted by Crippen LogP contribution is -2.47. The Morgan fingerprint density at radius 2 is 2.05 bits per heavy atom. The van der Waals surface area contributed by atoms with Gasteiger partial charge in [0.15, 0.2) is 0 Å². The Morgan fingerprint density at radius 3 is 2.77 bits per heavy atom. The first-order chi connectivity index (χ1) is 19.1. The van der Waals surface area contributed by atoms with Gasteiger partial charge in [0, 0.05) is 43.9 Å². The highest BCUT2D eigenvalue weighted by molar-refractivity contribution is 5.86. The highest BCUT2D eigenvalue weighted by Crippen LogP contribution is 2.22. The molecule has 2 amide bonds. The van der Waals surface area contributed by atoms with Gasteiger partial charge in [-0.15, -0.1) is 0 Å². The van der Waals surface area contributed by atoms with Gasteiger partial charge in [-0.25, -0.2) is 14.8 Å². The zero-order valence-corrected chi connectivity index (χ0v) is 23.8. The minimum Gasteiger partial charge on any atom is -0.481 e. The van der Waals surface area contributed by atoms with Gasteiger partial charge in [-0.1, -0.05) is 18.8 Å². The van der Waals surface area contributed by atoms with E-state index in [2.05, 4.69) is 49.7 Å². The molecule has 40 heavy (non-hydrogen) atoms. The number of pyridine rings is 1. The molecule has 2 aromatic rings. The van der Waals surface area contributed by atoms with Crippen molar-refractivity contribution in [1.29, 1.82) is 0 Å². The fourth-order valence-electron chi connectivity index (χ4n) is 3.89. The molecule has 2 atom stereocenters. The van der Waals surface area contributed by atoms with Crippen molar-refractivity contribution in [2.24, 2.45) is 0 Å². The number of hydrogen-bond acceptors (Lipinski definition) is 10. The van der Waals surface area contributed by atoms with Crippen LogP contribution >= 0.6 is 0 Å². The second-order valence-corrected chi connectivity index (χ2v) is 10.3. The van der Waals surface area contributed by atoms with Crippen molar-refractivity contribution in [3.63, 3.8) is 0 Å². The Balaban J connectivity index is 1.54. The number of rotatable bonds is 10. The molecule has 12 nitrogen and oxygen atoms in total. The molecule has 3 heterocycles. The van der Waals surface area contributed by atoms with E-state index in [1.807, 2.05) is 0 Å². The van der Waals surface area contributed by atoms with E-state index in [9.17, 15) is 14.7 Å². The van der Waals surface area contributed by atoms with Crippen molar-refractivity contribution in [2.75, 3.05) is 37.4 Å². The second kappa shape index (κ2) is 14.3. The summed E-state index contributed by atoms with van der Waals surface area (Å²) in [7, 11) is 1.55. The molecule has 216 valence electrons.